The van der Waals surface area contributed by atoms with Gasteiger partial charge >= 0.3 is 0 Å². The molecule has 20 aromatic rings. The number of hydrogen-bond acceptors (Lipinski definition) is 8. The van der Waals surface area contributed by atoms with Gasteiger partial charge < -0.3 is 18.0 Å². The van der Waals surface area contributed by atoms with Gasteiger partial charge in [-0.05, 0) is 89.3 Å². The number of para-hydroxylation sites is 4. The van der Waals surface area contributed by atoms with Crippen molar-refractivity contribution in [1.82, 2.24) is 39.0 Å². The molecule has 0 radical (unpaired) electrons. The largest absolute Gasteiger partial charge is 0.454 e. The van der Waals surface area contributed by atoms with Crippen molar-refractivity contribution in [2.75, 3.05) is 0 Å². The fourth-order valence-electron chi connectivity index (χ4n) is 14.7. The molecule has 0 bridgehead atoms. The third-order valence-electron chi connectivity index (χ3n) is 19.3. The summed E-state index contributed by atoms with van der Waals surface area (Å²) in [7, 11) is 0. The van der Waals surface area contributed by atoms with Crippen molar-refractivity contribution in [3.8, 4) is 90.8 Å². The molecule has 103 heavy (non-hydrogen) atoms. The van der Waals surface area contributed by atoms with E-state index in [9.17, 15) is 0 Å². The van der Waals surface area contributed by atoms with E-state index in [1.807, 2.05) is 158 Å². The second-order valence-electron chi connectivity index (χ2n) is 25.5. The van der Waals surface area contributed by atoms with Gasteiger partial charge in [-0.3, -0.25) is 0 Å². The van der Waals surface area contributed by atoms with Gasteiger partial charge in [-0.25, -0.2) is 29.9 Å². The zero-order valence-corrected chi connectivity index (χ0v) is 56.5. The highest BCUT2D eigenvalue weighted by Crippen LogP contribution is 2.46. The minimum Gasteiger partial charge on any atom is -0.454 e. The number of halogens is 2. The van der Waals surface area contributed by atoms with E-state index in [1.165, 1.54) is 43.8 Å². The molecule has 0 saturated carbocycles. The summed E-state index contributed by atoms with van der Waals surface area (Å²) in [5.74, 6) is 3.55. The summed E-state index contributed by atoms with van der Waals surface area (Å²) < 4.78 is 17.9. The summed E-state index contributed by atoms with van der Waals surface area (Å²) in [5.41, 5.74) is 20.4. The molecule has 0 atom stereocenters. The van der Waals surface area contributed by atoms with Crippen LogP contribution < -0.4 is 0 Å². The van der Waals surface area contributed by atoms with Gasteiger partial charge in [0.15, 0.2) is 46.1 Å². The second kappa shape index (κ2) is 25.6. The molecule has 0 saturated heterocycles. The lowest BCUT2D eigenvalue weighted by atomic mass is 10.0. The van der Waals surface area contributed by atoms with Crippen LogP contribution in [-0.4, -0.2) is 39.0 Å². The van der Waals surface area contributed by atoms with Gasteiger partial charge in [0, 0.05) is 87.2 Å². The Balaban J connectivity index is 0.000000132. The molecule has 0 unspecified atom stereocenters. The van der Waals surface area contributed by atoms with E-state index in [0.717, 1.165) is 106 Å². The number of fused-ring (bicyclic) bond motifs is 15. The van der Waals surface area contributed by atoms with E-state index in [2.05, 4.69) is 173 Å². The molecule has 1 aliphatic rings. The maximum absolute atomic E-state index is 7.04. The van der Waals surface area contributed by atoms with Crippen molar-refractivity contribution in [2.24, 2.45) is 0 Å². The van der Waals surface area contributed by atoms with Crippen molar-refractivity contribution >= 4 is 111 Å². The smallest absolute Gasteiger partial charge is 0.164 e. The highest BCUT2D eigenvalue weighted by atomic mass is 35.5. The minimum atomic E-state index is 0.463. The van der Waals surface area contributed by atoms with Gasteiger partial charge in [-0.15, -0.1) is 0 Å². The van der Waals surface area contributed by atoms with Gasteiger partial charge in [-0.1, -0.05) is 290 Å². The van der Waals surface area contributed by atoms with Crippen molar-refractivity contribution in [3.05, 3.63) is 349 Å². The lowest BCUT2D eigenvalue weighted by molar-refractivity contribution is 0.666. The van der Waals surface area contributed by atoms with Gasteiger partial charge in [-0.2, -0.15) is 0 Å². The van der Waals surface area contributed by atoms with Gasteiger partial charge in [0.1, 0.15) is 11.2 Å². The van der Waals surface area contributed by atoms with E-state index in [4.69, 9.17) is 61.9 Å². The van der Waals surface area contributed by atoms with E-state index < -0.39 is 0 Å². The molecule has 0 spiro atoms. The number of rotatable bonds is 8. The van der Waals surface area contributed by atoms with Crippen LogP contribution in [0, 0.1) is 0 Å². The van der Waals surface area contributed by atoms with Crippen molar-refractivity contribution in [2.45, 2.75) is 6.42 Å². The predicted octanol–water partition coefficient (Wildman–Crippen LogP) is 24.3. The van der Waals surface area contributed by atoms with Crippen molar-refractivity contribution < 1.29 is 8.83 Å². The average Bonchev–Trinajstić information content (AvgIpc) is 1.57. The van der Waals surface area contributed by atoms with Crippen LogP contribution in [0.1, 0.15) is 11.1 Å². The molecule has 0 fully saturated rings. The van der Waals surface area contributed by atoms with Crippen LogP contribution in [0.15, 0.2) is 336 Å². The SMILES string of the molecule is Clc1cc(Cl)c2oc3cccc(-c4nc(-c5ccccc5)nc(-c5ccccc5)n4)c3c2c1.c1ccc(-c2nc(-c3ccccc3)nc(-c3cccc4oc5c(-n6c7ccccc7c7ccccc76)cc(-n6c7ccccc7c7ccccc76)cc5c34)n2)cc1.c1ccc2c(c1)Cc1ccccc1-2. The molecular weight excluding hydrogens is 1310 g/mol. The third kappa shape index (κ3) is 10.8. The first-order valence-corrected chi connectivity index (χ1v) is 34.8. The third-order valence-corrected chi connectivity index (χ3v) is 19.8. The van der Waals surface area contributed by atoms with Crippen LogP contribution in [-0.2, 0) is 6.42 Å². The topological polar surface area (TPSA) is 113 Å². The van der Waals surface area contributed by atoms with Gasteiger partial charge in [0.2, 0.25) is 0 Å². The van der Waals surface area contributed by atoms with Crippen LogP contribution in [0.25, 0.3) is 178 Å². The summed E-state index contributed by atoms with van der Waals surface area (Å²) >= 11 is 12.7. The molecule has 12 heteroatoms. The van der Waals surface area contributed by atoms with E-state index in [0.29, 0.717) is 56.2 Å². The first kappa shape index (κ1) is 61.0. The Morgan fingerprint density at radius 3 is 1.04 bits per heavy atom. The Morgan fingerprint density at radius 2 is 0.612 bits per heavy atom. The minimum absolute atomic E-state index is 0.463. The quantitative estimate of drug-likeness (QED) is 0.148. The van der Waals surface area contributed by atoms with Crippen molar-refractivity contribution in [1.29, 1.82) is 0 Å². The zero-order valence-electron chi connectivity index (χ0n) is 55.0. The number of benzene rings is 14. The van der Waals surface area contributed by atoms with Crippen LogP contribution in [0.3, 0.4) is 0 Å². The first-order valence-electron chi connectivity index (χ1n) is 34.1. The number of nitrogens with zero attached hydrogens (tertiary/aromatic N) is 8. The Hall–Kier alpha value is -13.1. The Morgan fingerprint density at radius 1 is 0.272 bits per heavy atom. The summed E-state index contributed by atoms with van der Waals surface area (Å²) in [5, 5.41) is 9.39. The summed E-state index contributed by atoms with van der Waals surface area (Å²) in [4.78, 5) is 29.8. The Bertz CT molecular complexity index is 6420. The average molecular weight is 1360 g/mol. The standard InChI is InChI=1S/C51H31N5O.C27H15Cl2N3O.C13H10/c1-3-16-32(17-4-1)49-52-50(33-18-5-2-6-19-33)54-51(53-49)39-24-15-29-46-47(39)40-30-34(55-41-25-11-7-20-35(41)36-21-8-12-26-42(36)55)31-45(48(40)57-46)56-43-27-13-9-22-37(43)38-23-10-14-28-44(38)56;28-18-14-20-23-19(12-7-13-22(23)33-24(20)21(29)15-18)27-31-25(16-8-3-1-4-9-16)30-26(32-27)17-10-5-2-6-11-17;1-3-7-12-10(5-1)9-11-6-2-4-8-13(11)12/h1-31H;1-15H;1-8H,9H2. The molecule has 10 nitrogen and oxygen atoms in total. The Kier molecular flexibility index (Phi) is 15.1. The number of furan rings is 2. The molecule has 0 N–H and O–H groups in total. The monoisotopic (exact) mass is 1360 g/mol. The first-order chi connectivity index (χ1) is 50.9. The van der Waals surface area contributed by atoms with Crippen LogP contribution in [0.2, 0.25) is 10.0 Å². The molecule has 1 aliphatic carbocycles. The highest BCUT2D eigenvalue weighted by Gasteiger charge is 2.26. The lowest BCUT2D eigenvalue weighted by Crippen LogP contribution is -2.01. The Labute approximate surface area is 600 Å². The van der Waals surface area contributed by atoms with Crippen LogP contribution >= 0.6 is 23.2 Å². The predicted molar refractivity (Wildman–Crippen MR) is 420 cm³/mol. The molecule has 0 aliphatic heterocycles. The van der Waals surface area contributed by atoms with E-state index >= 15 is 0 Å². The fraction of sp³-hybridized carbons (Fsp3) is 0.0110. The van der Waals surface area contributed by atoms with Crippen LogP contribution in [0.5, 0.6) is 0 Å². The molecular formula is C91H56Cl2N8O2. The second-order valence-corrected chi connectivity index (χ2v) is 26.3. The van der Waals surface area contributed by atoms with Crippen molar-refractivity contribution in [3.63, 3.8) is 0 Å². The fourth-order valence-corrected chi connectivity index (χ4v) is 15.3. The molecule has 21 rings (SSSR count). The number of aromatic nitrogens is 8. The van der Waals surface area contributed by atoms with Crippen LogP contribution in [0.4, 0.5) is 0 Å². The molecule has 6 heterocycles. The highest BCUT2D eigenvalue weighted by molar-refractivity contribution is 6.39. The zero-order chi connectivity index (χ0) is 68.5. The van der Waals surface area contributed by atoms with E-state index in [-0.39, 0.29) is 0 Å². The van der Waals surface area contributed by atoms with Gasteiger partial charge in [0.05, 0.1) is 32.8 Å². The molecule has 486 valence electrons. The summed E-state index contributed by atoms with van der Waals surface area (Å²) in [6.07, 6.45) is 1.10. The van der Waals surface area contributed by atoms with Gasteiger partial charge in [0.25, 0.3) is 0 Å². The number of hydrogen-bond donors (Lipinski definition) is 0. The normalized spacial score (nSPS) is 11.7. The maximum atomic E-state index is 7.04. The van der Waals surface area contributed by atoms with E-state index in [1.54, 1.807) is 6.07 Å². The maximum Gasteiger partial charge on any atom is 0.164 e. The molecule has 6 aromatic heterocycles. The lowest BCUT2D eigenvalue weighted by Gasteiger charge is -2.14. The summed E-state index contributed by atoms with van der Waals surface area (Å²) in [6.45, 7) is 0. The summed E-state index contributed by atoms with van der Waals surface area (Å²) in [6, 6.07) is 112. The molecule has 14 aromatic carbocycles. The molecule has 0 amide bonds.